The van der Waals surface area contributed by atoms with Gasteiger partial charge in [0.05, 0.1) is 0 Å². The number of hydrogen-bond donors (Lipinski definition) is 0. The van der Waals surface area contributed by atoms with E-state index in [1.165, 1.54) is 0 Å². The summed E-state index contributed by atoms with van der Waals surface area (Å²) in [6, 6.07) is 0. The molecule has 0 amide bonds. The average molecular weight is 296 g/mol. The van der Waals surface area contributed by atoms with E-state index in [1.807, 2.05) is 0 Å². The van der Waals surface area contributed by atoms with E-state index in [1.54, 1.807) is 6.92 Å². The monoisotopic (exact) mass is 296 g/mol. The van der Waals surface area contributed by atoms with E-state index in [0.717, 1.165) is 11.8 Å². The molecule has 3 atom stereocenters. The standard InChI is InChI=1S/C10H14F6OS/c1-2-8(17)18-4-3-6(11)5-7(12)9(13)10(14,15)16/h6-7,9H,2-5H2,1H3. The Morgan fingerprint density at radius 2 is 1.78 bits per heavy atom. The number of carbonyl (C=O) groups is 1. The van der Waals surface area contributed by atoms with Gasteiger partial charge in [-0.3, -0.25) is 4.79 Å². The Kier molecular flexibility index (Phi) is 7.73. The van der Waals surface area contributed by atoms with Crippen LogP contribution in [0.1, 0.15) is 26.2 Å². The highest BCUT2D eigenvalue weighted by atomic mass is 32.2. The van der Waals surface area contributed by atoms with E-state index in [-0.39, 0.29) is 23.7 Å². The molecular weight excluding hydrogens is 282 g/mol. The minimum absolute atomic E-state index is 0.0452. The highest BCUT2D eigenvalue weighted by Gasteiger charge is 2.46. The number of carbonyl (C=O) groups excluding carboxylic acids is 1. The molecule has 8 heteroatoms. The number of halogens is 6. The van der Waals surface area contributed by atoms with E-state index in [2.05, 4.69) is 0 Å². The minimum atomic E-state index is -5.31. The first-order valence-electron chi connectivity index (χ1n) is 5.33. The smallest absolute Gasteiger partial charge is 0.287 e. The zero-order valence-corrected chi connectivity index (χ0v) is 10.5. The van der Waals surface area contributed by atoms with Crippen molar-refractivity contribution in [3.63, 3.8) is 0 Å². The second kappa shape index (κ2) is 7.91. The van der Waals surface area contributed by atoms with Crippen molar-refractivity contribution in [2.75, 3.05) is 5.75 Å². The van der Waals surface area contributed by atoms with Crippen LogP contribution in [-0.4, -0.2) is 35.6 Å². The lowest BCUT2D eigenvalue weighted by molar-refractivity contribution is -0.197. The molecule has 0 fully saturated rings. The maximum Gasteiger partial charge on any atom is 0.422 e. The van der Waals surface area contributed by atoms with E-state index < -0.39 is 31.1 Å². The Labute approximate surface area is 105 Å². The largest absolute Gasteiger partial charge is 0.422 e. The van der Waals surface area contributed by atoms with Gasteiger partial charge in [-0.25, -0.2) is 13.2 Å². The minimum Gasteiger partial charge on any atom is -0.287 e. The summed E-state index contributed by atoms with van der Waals surface area (Å²) in [7, 11) is 0. The molecule has 0 saturated carbocycles. The van der Waals surface area contributed by atoms with Crippen LogP contribution in [0.3, 0.4) is 0 Å². The maximum atomic E-state index is 13.1. The fraction of sp³-hybridized carbons (Fsp3) is 0.900. The molecule has 0 rings (SSSR count). The summed E-state index contributed by atoms with van der Waals surface area (Å²) < 4.78 is 73.6. The van der Waals surface area contributed by atoms with Crippen molar-refractivity contribution >= 4 is 16.9 Å². The van der Waals surface area contributed by atoms with Gasteiger partial charge in [-0.15, -0.1) is 0 Å². The molecule has 0 N–H and O–H groups in total. The van der Waals surface area contributed by atoms with Gasteiger partial charge in [0.15, 0.2) is 5.12 Å². The van der Waals surface area contributed by atoms with E-state index >= 15 is 0 Å². The van der Waals surface area contributed by atoms with Gasteiger partial charge in [-0.2, -0.15) is 13.2 Å². The highest BCUT2D eigenvalue weighted by Crippen LogP contribution is 2.29. The van der Waals surface area contributed by atoms with Crippen molar-refractivity contribution in [2.24, 2.45) is 0 Å². The molecule has 3 unspecified atom stereocenters. The van der Waals surface area contributed by atoms with Gasteiger partial charge < -0.3 is 0 Å². The maximum absolute atomic E-state index is 13.1. The molecule has 0 heterocycles. The summed E-state index contributed by atoms with van der Waals surface area (Å²) in [6.45, 7) is 1.61. The van der Waals surface area contributed by atoms with Crippen molar-refractivity contribution in [3.05, 3.63) is 0 Å². The molecule has 0 spiro atoms. The van der Waals surface area contributed by atoms with Crippen LogP contribution in [0.2, 0.25) is 0 Å². The molecule has 0 aromatic heterocycles. The van der Waals surface area contributed by atoms with Crippen molar-refractivity contribution in [1.29, 1.82) is 0 Å². The lowest BCUT2D eigenvalue weighted by atomic mass is 10.1. The fourth-order valence-electron chi connectivity index (χ4n) is 1.09. The predicted molar refractivity (Wildman–Crippen MR) is 57.7 cm³/mol. The van der Waals surface area contributed by atoms with E-state index in [4.69, 9.17) is 0 Å². The first kappa shape index (κ1) is 17.6. The Morgan fingerprint density at radius 3 is 2.22 bits per heavy atom. The predicted octanol–water partition coefficient (Wildman–Crippen LogP) is 4.01. The number of hydrogen-bond acceptors (Lipinski definition) is 2. The summed E-state index contributed by atoms with van der Waals surface area (Å²) in [6.07, 6.45) is -15.0. The van der Waals surface area contributed by atoms with Crippen molar-refractivity contribution in [1.82, 2.24) is 0 Å². The molecule has 18 heavy (non-hydrogen) atoms. The van der Waals surface area contributed by atoms with Crippen LogP contribution in [0.15, 0.2) is 0 Å². The SMILES string of the molecule is CCC(=O)SCCC(F)CC(F)C(F)C(F)(F)F. The number of rotatable bonds is 7. The van der Waals surface area contributed by atoms with E-state index in [0.29, 0.717) is 0 Å². The quantitative estimate of drug-likeness (QED) is 0.660. The van der Waals surface area contributed by atoms with Crippen molar-refractivity contribution < 1.29 is 31.1 Å². The number of thioether (sulfide) groups is 1. The lowest BCUT2D eigenvalue weighted by Crippen LogP contribution is -2.35. The van der Waals surface area contributed by atoms with Gasteiger partial charge in [0.2, 0.25) is 6.17 Å². The van der Waals surface area contributed by atoms with Gasteiger partial charge >= 0.3 is 6.18 Å². The van der Waals surface area contributed by atoms with Gasteiger partial charge in [-0.1, -0.05) is 18.7 Å². The van der Waals surface area contributed by atoms with Crippen LogP contribution < -0.4 is 0 Å². The van der Waals surface area contributed by atoms with Crippen LogP contribution in [-0.2, 0) is 4.79 Å². The van der Waals surface area contributed by atoms with Crippen LogP contribution >= 0.6 is 11.8 Å². The Bertz CT molecular complexity index is 257. The summed E-state index contributed by atoms with van der Waals surface area (Å²) in [4.78, 5) is 10.8. The van der Waals surface area contributed by atoms with Crippen molar-refractivity contribution in [2.45, 2.75) is 50.9 Å². The van der Waals surface area contributed by atoms with Gasteiger partial charge in [0.1, 0.15) is 12.3 Å². The van der Waals surface area contributed by atoms with Gasteiger partial charge in [0.25, 0.3) is 0 Å². The molecule has 108 valence electrons. The van der Waals surface area contributed by atoms with Gasteiger partial charge in [-0.05, 0) is 6.42 Å². The topological polar surface area (TPSA) is 17.1 Å². The average Bonchev–Trinajstić information content (AvgIpc) is 2.26. The Balaban J connectivity index is 3.94. The van der Waals surface area contributed by atoms with Crippen LogP contribution in [0.5, 0.6) is 0 Å². The third-order valence-electron chi connectivity index (χ3n) is 2.09. The fourth-order valence-corrected chi connectivity index (χ4v) is 1.89. The zero-order valence-electron chi connectivity index (χ0n) is 9.64. The lowest BCUT2D eigenvalue weighted by Gasteiger charge is -2.18. The molecule has 1 nitrogen and oxygen atoms in total. The molecule has 0 bridgehead atoms. The normalized spacial score (nSPS) is 17.3. The summed E-state index contributed by atoms with van der Waals surface area (Å²) in [5.74, 6) is 0.0452. The van der Waals surface area contributed by atoms with Crippen LogP contribution in [0, 0.1) is 0 Å². The molecule has 0 aliphatic rings. The summed E-state index contributed by atoms with van der Waals surface area (Å²) in [5.41, 5.74) is 0. The summed E-state index contributed by atoms with van der Waals surface area (Å²) in [5, 5.41) is -0.183. The van der Waals surface area contributed by atoms with Gasteiger partial charge in [0, 0.05) is 18.6 Å². The van der Waals surface area contributed by atoms with Crippen LogP contribution in [0.4, 0.5) is 26.3 Å². The first-order chi connectivity index (χ1) is 8.18. The molecule has 0 saturated heterocycles. The Hall–Kier alpha value is -0.400. The number of alkyl halides is 6. The third-order valence-corrected chi connectivity index (χ3v) is 3.14. The molecule has 0 aromatic carbocycles. The Morgan fingerprint density at radius 1 is 1.22 bits per heavy atom. The highest BCUT2D eigenvalue weighted by molar-refractivity contribution is 8.13. The first-order valence-corrected chi connectivity index (χ1v) is 6.31. The second-order valence-corrected chi connectivity index (χ2v) is 4.81. The zero-order chi connectivity index (χ0) is 14.3. The van der Waals surface area contributed by atoms with Crippen LogP contribution in [0.25, 0.3) is 0 Å². The van der Waals surface area contributed by atoms with E-state index in [9.17, 15) is 31.1 Å². The molecule has 0 radical (unpaired) electrons. The summed E-state index contributed by atoms with van der Waals surface area (Å²) >= 11 is 0.828. The molecular formula is C10H14F6OS. The molecule has 0 aliphatic carbocycles. The molecule has 0 aliphatic heterocycles. The third kappa shape index (κ3) is 7.13. The molecule has 0 aromatic rings. The van der Waals surface area contributed by atoms with Crippen molar-refractivity contribution in [3.8, 4) is 0 Å². The second-order valence-electron chi connectivity index (χ2n) is 3.66.